The van der Waals surface area contributed by atoms with Crippen molar-refractivity contribution in [1.82, 2.24) is 0 Å². The van der Waals surface area contributed by atoms with E-state index in [2.05, 4.69) is 5.32 Å². The second kappa shape index (κ2) is 9.33. The van der Waals surface area contributed by atoms with E-state index in [1.807, 2.05) is 0 Å². The third-order valence-corrected chi connectivity index (χ3v) is 4.40. The van der Waals surface area contributed by atoms with Crippen LogP contribution in [0, 0.1) is 0 Å². The summed E-state index contributed by atoms with van der Waals surface area (Å²) in [4.78, 5) is 23.9. The number of nitrogens with one attached hydrogen (secondary N) is 1. The van der Waals surface area contributed by atoms with Gasteiger partial charge in [0.15, 0.2) is 12.7 Å². The fourth-order valence-corrected chi connectivity index (χ4v) is 2.53. The highest BCUT2D eigenvalue weighted by molar-refractivity contribution is 6.44. The van der Waals surface area contributed by atoms with E-state index in [1.54, 1.807) is 24.3 Å². The summed E-state index contributed by atoms with van der Waals surface area (Å²) in [6.45, 7) is 1.06. The van der Waals surface area contributed by atoms with Gasteiger partial charge in [-0.3, -0.25) is 4.79 Å². The molecular weight excluding hydrogens is 424 g/mol. The number of rotatable bonds is 6. The maximum absolute atomic E-state index is 12.1. The maximum Gasteiger partial charge on any atom is 0.344 e. The van der Waals surface area contributed by atoms with E-state index in [9.17, 15) is 9.59 Å². The molecule has 0 aliphatic rings. The topological polar surface area (TPSA) is 64.6 Å². The Bertz CT molecular complexity index is 811. The van der Waals surface area contributed by atoms with Gasteiger partial charge in [-0.2, -0.15) is 0 Å². The monoisotopic (exact) mass is 435 g/mol. The molecule has 0 bridgehead atoms. The first-order valence-electron chi connectivity index (χ1n) is 7.29. The number of anilines is 1. The Hall–Kier alpha value is -1.66. The predicted molar refractivity (Wildman–Crippen MR) is 103 cm³/mol. The van der Waals surface area contributed by atoms with Crippen molar-refractivity contribution in [1.29, 1.82) is 0 Å². The molecule has 0 spiro atoms. The highest BCUT2D eigenvalue weighted by Crippen LogP contribution is 2.32. The van der Waals surface area contributed by atoms with Gasteiger partial charge in [0.2, 0.25) is 0 Å². The van der Waals surface area contributed by atoms with Crippen LogP contribution in [0.4, 0.5) is 5.69 Å². The number of halogens is 4. The van der Waals surface area contributed by atoms with E-state index in [4.69, 9.17) is 55.9 Å². The molecule has 138 valence electrons. The summed E-state index contributed by atoms with van der Waals surface area (Å²) in [6, 6.07) is 9.27. The van der Waals surface area contributed by atoms with Gasteiger partial charge >= 0.3 is 5.97 Å². The molecule has 9 heteroatoms. The summed E-state index contributed by atoms with van der Waals surface area (Å²) in [5.74, 6) is -0.834. The minimum atomic E-state index is -1.07. The van der Waals surface area contributed by atoms with Crippen molar-refractivity contribution in [2.75, 3.05) is 11.9 Å². The quantitative estimate of drug-likeness (QED) is 0.496. The predicted octanol–water partition coefficient (Wildman–Crippen LogP) is 5.25. The Morgan fingerprint density at radius 1 is 1.00 bits per heavy atom. The molecule has 0 saturated carbocycles. The lowest BCUT2D eigenvalue weighted by Gasteiger charge is -2.15. The average Bonchev–Trinajstić information content (AvgIpc) is 2.59. The van der Waals surface area contributed by atoms with E-state index in [0.29, 0.717) is 10.8 Å². The second-order valence-corrected chi connectivity index (χ2v) is 6.77. The van der Waals surface area contributed by atoms with E-state index < -0.39 is 18.0 Å². The first kappa shape index (κ1) is 20.6. The number of esters is 1. The van der Waals surface area contributed by atoms with Crippen molar-refractivity contribution in [2.45, 2.75) is 13.0 Å². The van der Waals surface area contributed by atoms with Crippen molar-refractivity contribution in [3.63, 3.8) is 0 Å². The summed E-state index contributed by atoms with van der Waals surface area (Å²) < 4.78 is 10.3. The Balaban J connectivity index is 1.87. The van der Waals surface area contributed by atoms with Crippen LogP contribution in [0.3, 0.4) is 0 Å². The lowest BCUT2D eigenvalue weighted by atomic mass is 10.3. The number of hydrogen-bond acceptors (Lipinski definition) is 4. The molecule has 0 heterocycles. The second-order valence-electron chi connectivity index (χ2n) is 5.11. The van der Waals surface area contributed by atoms with E-state index in [-0.39, 0.29) is 27.4 Å². The number of hydrogen-bond donors (Lipinski definition) is 1. The summed E-state index contributed by atoms with van der Waals surface area (Å²) in [7, 11) is 0. The molecule has 0 aliphatic heterocycles. The molecule has 0 aliphatic carbocycles. The number of carbonyl (C=O) groups is 2. The number of ether oxygens (including phenoxy) is 2. The van der Waals surface area contributed by atoms with Crippen LogP contribution in [0.5, 0.6) is 5.75 Å². The first-order valence-corrected chi connectivity index (χ1v) is 8.80. The zero-order valence-corrected chi connectivity index (χ0v) is 16.4. The normalized spacial score (nSPS) is 11.6. The molecule has 2 aromatic rings. The van der Waals surface area contributed by atoms with Crippen LogP contribution in [-0.2, 0) is 14.3 Å². The van der Waals surface area contributed by atoms with Crippen molar-refractivity contribution in [3.8, 4) is 5.75 Å². The Kier molecular flexibility index (Phi) is 7.41. The van der Waals surface area contributed by atoms with Gasteiger partial charge in [-0.1, -0.05) is 46.4 Å². The summed E-state index contributed by atoms with van der Waals surface area (Å²) in [5, 5.41) is 3.76. The van der Waals surface area contributed by atoms with Crippen LogP contribution < -0.4 is 10.1 Å². The summed E-state index contributed by atoms with van der Waals surface area (Å²) in [6.07, 6.45) is -1.07. The molecule has 0 aromatic heterocycles. The van der Waals surface area contributed by atoms with Crippen LogP contribution in [0.1, 0.15) is 6.92 Å². The van der Waals surface area contributed by atoms with E-state index >= 15 is 0 Å². The summed E-state index contributed by atoms with van der Waals surface area (Å²) in [5.41, 5.74) is 0.256. The molecule has 0 radical (unpaired) electrons. The Morgan fingerprint density at radius 2 is 1.62 bits per heavy atom. The molecule has 1 amide bonds. The Labute approximate surface area is 170 Å². The minimum Gasteiger partial charge on any atom is -0.482 e. The zero-order chi connectivity index (χ0) is 19.3. The van der Waals surface area contributed by atoms with E-state index in [1.165, 1.54) is 19.1 Å². The lowest BCUT2D eigenvalue weighted by Crippen LogP contribution is -2.31. The first-order chi connectivity index (χ1) is 12.3. The van der Waals surface area contributed by atoms with Gasteiger partial charge in [0, 0.05) is 5.02 Å². The zero-order valence-electron chi connectivity index (χ0n) is 13.4. The van der Waals surface area contributed by atoms with E-state index in [0.717, 1.165) is 0 Å². The van der Waals surface area contributed by atoms with Gasteiger partial charge in [0.05, 0.1) is 20.8 Å². The smallest absolute Gasteiger partial charge is 0.344 e. The van der Waals surface area contributed by atoms with Crippen LogP contribution in [0.25, 0.3) is 0 Å². The highest BCUT2D eigenvalue weighted by Gasteiger charge is 2.19. The SMILES string of the molecule is CC(OC(=O)COc1ccc(Cl)cc1)C(=O)Nc1cc(Cl)c(Cl)cc1Cl. The molecule has 1 N–H and O–H groups in total. The minimum absolute atomic E-state index is 0.206. The number of carbonyl (C=O) groups excluding carboxylic acids is 2. The van der Waals surface area contributed by atoms with Gasteiger partial charge < -0.3 is 14.8 Å². The molecule has 2 rings (SSSR count). The largest absolute Gasteiger partial charge is 0.482 e. The number of amides is 1. The molecule has 26 heavy (non-hydrogen) atoms. The van der Waals surface area contributed by atoms with Crippen LogP contribution in [0.15, 0.2) is 36.4 Å². The molecule has 5 nitrogen and oxygen atoms in total. The average molecular weight is 437 g/mol. The van der Waals surface area contributed by atoms with Crippen LogP contribution >= 0.6 is 46.4 Å². The fourth-order valence-electron chi connectivity index (χ4n) is 1.81. The van der Waals surface area contributed by atoms with Crippen molar-refractivity contribution in [2.24, 2.45) is 0 Å². The standard InChI is InChI=1S/C17H13Cl4NO4/c1-9(17(24)22-15-7-13(20)12(19)6-14(15)21)26-16(23)8-25-11-4-2-10(18)3-5-11/h2-7,9H,8H2,1H3,(H,22,24). The highest BCUT2D eigenvalue weighted by atomic mass is 35.5. The lowest BCUT2D eigenvalue weighted by molar-refractivity contribution is -0.155. The van der Waals surface area contributed by atoms with Crippen LogP contribution in [0.2, 0.25) is 20.1 Å². The molecule has 0 fully saturated rings. The third-order valence-electron chi connectivity index (χ3n) is 3.12. The molecule has 1 unspecified atom stereocenters. The van der Waals surface area contributed by atoms with Crippen molar-refractivity contribution >= 4 is 64.0 Å². The van der Waals surface area contributed by atoms with Gasteiger partial charge in [0.1, 0.15) is 5.75 Å². The van der Waals surface area contributed by atoms with Crippen molar-refractivity contribution < 1.29 is 19.1 Å². The maximum atomic E-state index is 12.1. The third kappa shape index (κ3) is 5.95. The van der Waals surface area contributed by atoms with Gasteiger partial charge in [-0.05, 0) is 43.3 Å². The fraction of sp³-hybridized carbons (Fsp3) is 0.176. The van der Waals surface area contributed by atoms with Gasteiger partial charge in [-0.15, -0.1) is 0 Å². The molecule has 0 saturated heterocycles. The number of benzene rings is 2. The molecule has 2 aromatic carbocycles. The summed E-state index contributed by atoms with van der Waals surface area (Å²) >= 11 is 23.5. The van der Waals surface area contributed by atoms with Crippen LogP contribution in [-0.4, -0.2) is 24.6 Å². The molecule has 1 atom stereocenters. The van der Waals surface area contributed by atoms with Crippen molar-refractivity contribution in [3.05, 3.63) is 56.5 Å². The molecular formula is C17H13Cl4NO4. The van der Waals surface area contributed by atoms with Gasteiger partial charge in [-0.25, -0.2) is 4.79 Å². The Morgan fingerprint density at radius 3 is 2.27 bits per heavy atom. The van der Waals surface area contributed by atoms with Gasteiger partial charge in [0.25, 0.3) is 5.91 Å².